The summed E-state index contributed by atoms with van der Waals surface area (Å²) in [6.45, 7) is 0. The first kappa shape index (κ1) is 19.0. The van der Waals surface area contributed by atoms with Crippen LogP contribution in [0.4, 0.5) is 0 Å². The number of hydrogen-bond acceptors (Lipinski definition) is 6. The first-order valence-electron chi connectivity index (χ1n) is 8.59. The number of ketones is 1. The molecule has 1 atom stereocenters. The Balaban J connectivity index is 1.63. The Morgan fingerprint density at radius 3 is 2.81 bits per heavy atom. The molecule has 0 aliphatic heterocycles. The summed E-state index contributed by atoms with van der Waals surface area (Å²) in [5.74, 6) is -0.886. The van der Waals surface area contributed by atoms with Crippen LogP contribution in [0.5, 0.6) is 5.75 Å². The highest BCUT2D eigenvalue weighted by Gasteiger charge is 2.28. The van der Waals surface area contributed by atoms with Crippen LogP contribution in [0.2, 0.25) is 0 Å². The highest BCUT2D eigenvalue weighted by molar-refractivity contribution is 7.90. The number of aryl methyl sites for hydroxylation is 1. The smallest absolute Gasteiger partial charge is 0.285 e. The maximum Gasteiger partial charge on any atom is 0.285 e. The van der Waals surface area contributed by atoms with Gasteiger partial charge in [0.1, 0.15) is 0 Å². The van der Waals surface area contributed by atoms with Crippen LogP contribution in [-0.2, 0) is 21.2 Å². The zero-order valence-electron chi connectivity index (χ0n) is 14.8. The van der Waals surface area contributed by atoms with Crippen molar-refractivity contribution >= 4 is 21.7 Å². The summed E-state index contributed by atoms with van der Waals surface area (Å²) in [6.07, 6.45) is 2.97. The van der Waals surface area contributed by atoms with E-state index in [1.165, 1.54) is 25.4 Å². The number of carbonyl (C=O) groups is 2. The van der Waals surface area contributed by atoms with E-state index in [1.54, 1.807) is 6.07 Å². The van der Waals surface area contributed by atoms with Crippen molar-refractivity contribution in [3.63, 3.8) is 0 Å². The van der Waals surface area contributed by atoms with Gasteiger partial charge in [-0.15, -0.1) is 0 Å². The second-order valence-electron chi connectivity index (χ2n) is 6.34. The molecule has 1 aromatic carbocycles. The van der Waals surface area contributed by atoms with Gasteiger partial charge in [-0.05, 0) is 37.0 Å². The van der Waals surface area contributed by atoms with Crippen molar-refractivity contribution in [2.75, 3.05) is 7.11 Å². The normalized spacial score (nSPS) is 16.5. The average molecular weight is 388 g/mol. The van der Waals surface area contributed by atoms with E-state index in [9.17, 15) is 18.0 Å². The summed E-state index contributed by atoms with van der Waals surface area (Å²) in [6, 6.07) is 10.4. The van der Waals surface area contributed by atoms with Gasteiger partial charge in [-0.2, -0.15) is 8.42 Å². The fourth-order valence-electron chi connectivity index (χ4n) is 3.22. The molecule has 1 N–H and O–H groups in total. The van der Waals surface area contributed by atoms with Crippen molar-refractivity contribution in [1.82, 2.24) is 9.71 Å². The van der Waals surface area contributed by atoms with Gasteiger partial charge in [-0.3, -0.25) is 9.59 Å². The first-order chi connectivity index (χ1) is 12.9. The molecule has 0 radical (unpaired) electrons. The highest BCUT2D eigenvalue weighted by atomic mass is 32.2. The lowest BCUT2D eigenvalue weighted by atomic mass is 9.80. The number of fused-ring (bicyclic) bond motifs is 1. The number of hydrogen-bond donors (Lipinski definition) is 1. The number of sulfonamides is 1. The topological polar surface area (TPSA) is 102 Å². The van der Waals surface area contributed by atoms with Crippen LogP contribution in [0.3, 0.4) is 0 Å². The SMILES string of the molecule is COc1cccnc1S(=O)(=O)NC(=O)CCC1CCc2ccccc2C1=O. The quantitative estimate of drug-likeness (QED) is 0.813. The number of carbonyl (C=O) groups excluding carboxylic acids is 2. The lowest BCUT2D eigenvalue weighted by Gasteiger charge is -2.23. The molecule has 0 spiro atoms. The van der Waals surface area contributed by atoms with Crippen LogP contribution in [0.15, 0.2) is 47.6 Å². The molecule has 1 aliphatic carbocycles. The van der Waals surface area contributed by atoms with Gasteiger partial charge in [0.05, 0.1) is 7.11 Å². The van der Waals surface area contributed by atoms with Crippen molar-refractivity contribution < 1.29 is 22.7 Å². The standard InChI is InChI=1S/C19H20N2O5S/c1-26-16-7-4-12-20-19(16)27(24,25)21-17(22)11-10-14-9-8-13-5-2-3-6-15(13)18(14)23/h2-7,12,14H,8-11H2,1H3,(H,21,22). The van der Waals surface area contributed by atoms with Crippen LogP contribution in [-0.4, -0.2) is 32.2 Å². The lowest BCUT2D eigenvalue weighted by molar-refractivity contribution is -0.119. The maximum absolute atomic E-state index is 12.5. The zero-order chi connectivity index (χ0) is 19.4. The molecule has 7 nitrogen and oxygen atoms in total. The summed E-state index contributed by atoms with van der Waals surface area (Å²) < 4.78 is 31.7. The Morgan fingerprint density at radius 1 is 1.26 bits per heavy atom. The van der Waals surface area contributed by atoms with E-state index in [0.29, 0.717) is 18.4 Å². The van der Waals surface area contributed by atoms with E-state index in [-0.39, 0.29) is 28.9 Å². The molecular formula is C19H20N2O5S. The molecule has 0 bridgehead atoms. The minimum atomic E-state index is -4.14. The molecule has 1 aliphatic rings. The fourth-order valence-corrected chi connectivity index (χ4v) is 4.34. The second-order valence-corrected chi connectivity index (χ2v) is 7.93. The third-order valence-electron chi connectivity index (χ3n) is 4.59. The molecule has 1 amide bonds. The molecule has 8 heteroatoms. The summed E-state index contributed by atoms with van der Waals surface area (Å²) in [4.78, 5) is 28.5. The monoisotopic (exact) mass is 388 g/mol. The molecule has 2 aromatic rings. The van der Waals surface area contributed by atoms with E-state index >= 15 is 0 Å². The van der Waals surface area contributed by atoms with E-state index < -0.39 is 15.9 Å². The first-order valence-corrected chi connectivity index (χ1v) is 10.1. The Hall–Kier alpha value is -2.74. The number of amides is 1. The number of pyridine rings is 1. The molecule has 1 unspecified atom stereocenters. The van der Waals surface area contributed by atoms with Crippen LogP contribution in [0.1, 0.15) is 35.2 Å². The molecule has 142 valence electrons. The predicted molar refractivity (Wildman–Crippen MR) is 97.9 cm³/mol. The van der Waals surface area contributed by atoms with Gasteiger partial charge >= 0.3 is 0 Å². The van der Waals surface area contributed by atoms with Gasteiger partial charge in [0.15, 0.2) is 11.5 Å². The Kier molecular flexibility index (Phi) is 5.55. The van der Waals surface area contributed by atoms with Crippen LogP contribution >= 0.6 is 0 Å². The highest BCUT2D eigenvalue weighted by Crippen LogP contribution is 2.28. The third kappa shape index (κ3) is 4.16. The molecular weight excluding hydrogens is 368 g/mol. The second kappa shape index (κ2) is 7.87. The van der Waals surface area contributed by atoms with E-state index in [0.717, 1.165) is 12.0 Å². The molecule has 1 aromatic heterocycles. The van der Waals surface area contributed by atoms with Gasteiger partial charge in [0.25, 0.3) is 10.0 Å². The summed E-state index contributed by atoms with van der Waals surface area (Å²) >= 11 is 0. The molecule has 0 saturated heterocycles. The van der Waals surface area contributed by atoms with Crippen LogP contribution in [0, 0.1) is 5.92 Å². The van der Waals surface area contributed by atoms with Gasteiger partial charge < -0.3 is 4.74 Å². The van der Waals surface area contributed by atoms with Gasteiger partial charge in [-0.1, -0.05) is 24.3 Å². The predicted octanol–water partition coefficient (Wildman–Crippen LogP) is 2.12. The van der Waals surface area contributed by atoms with Crippen molar-refractivity contribution in [2.24, 2.45) is 5.92 Å². The van der Waals surface area contributed by atoms with Crippen molar-refractivity contribution in [3.8, 4) is 5.75 Å². The van der Waals surface area contributed by atoms with Crippen LogP contribution in [0.25, 0.3) is 0 Å². The molecule has 3 rings (SSSR count). The van der Waals surface area contributed by atoms with E-state index in [1.807, 2.05) is 22.9 Å². The average Bonchev–Trinajstić information content (AvgIpc) is 2.67. The number of nitrogens with one attached hydrogen (secondary N) is 1. The van der Waals surface area contributed by atoms with Crippen molar-refractivity contribution in [1.29, 1.82) is 0 Å². The third-order valence-corrected chi connectivity index (χ3v) is 5.91. The molecule has 1 heterocycles. The van der Waals surface area contributed by atoms with E-state index in [2.05, 4.69) is 4.98 Å². The number of aromatic nitrogens is 1. The fraction of sp³-hybridized carbons (Fsp3) is 0.316. The van der Waals surface area contributed by atoms with Gasteiger partial charge in [0.2, 0.25) is 10.9 Å². The van der Waals surface area contributed by atoms with E-state index in [4.69, 9.17) is 4.74 Å². The van der Waals surface area contributed by atoms with Crippen LogP contribution < -0.4 is 9.46 Å². The van der Waals surface area contributed by atoms with Crippen molar-refractivity contribution in [2.45, 2.75) is 30.7 Å². The number of methoxy groups -OCH3 is 1. The Morgan fingerprint density at radius 2 is 2.04 bits per heavy atom. The minimum absolute atomic E-state index is 0.0129. The Bertz CT molecular complexity index is 972. The Labute approximate surface area is 157 Å². The van der Waals surface area contributed by atoms with Crippen molar-refractivity contribution in [3.05, 3.63) is 53.7 Å². The maximum atomic E-state index is 12.5. The van der Waals surface area contributed by atoms with Gasteiger partial charge in [0, 0.05) is 24.1 Å². The number of nitrogens with zero attached hydrogens (tertiary/aromatic N) is 1. The summed E-state index contributed by atoms with van der Waals surface area (Å²) in [5.41, 5.74) is 1.72. The number of ether oxygens (including phenoxy) is 1. The molecule has 0 saturated carbocycles. The molecule has 0 fully saturated rings. The molecule has 27 heavy (non-hydrogen) atoms. The summed E-state index contributed by atoms with van der Waals surface area (Å²) in [5, 5.41) is -0.344. The minimum Gasteiger partial charge on any atom is -0.494 e. The number of rotatable bonds is 6. The lowest BCUT2D eigenvalue weighted by Crippen LogP contribution is -2.32. The number of benzene rings is 1. The summed E-state index contributed by atoms with van der Waals surface area (Å²) in [7, 11) is -2.81. The zero-order valence-corrected chi connectivity index (χ0v) is 15.7. The van der Waals surface area contributed by atoms with Gasteiger partial charge in [-0.25, -0.2) is 9.71 Å². The number of Topliss-reactive ketones (excluding diaryl/α,β-unsaturated/α-hetero) is 1. The largest absolute Gasteiger partial charge is 0.494 e.